The maximum Gasteiger partial charge on any atom is 0.252 e. The smallest absolute Gasteiger partial charge is 0.252 e. The van der Waals surface area contributed by atoms with Crippen molar-refractivity contribution >= 4 is 11.7 Å². The summed E-state index contributed by atoms with van der Waals surface area (Å²) in [6, 6.07) is 0. The zero-order valence-electron chi connectivity index (χ0n) is 10.8. The third-order valence-electron chi connectivity index (χ3n) is 3.92. The average molecular weight is 222 g/mol. The molecule has 0 spiro atoms. The summed E-state index contributed by atoms with van der Waals surface area (Å²) in [5.41, 5.74) is -0.0858. The van der Waals surface area contributed by atoms with Gasteiger partial charge in [0.15, 0.2) is 0 Å². The van der Waals surface area contributed by atoms with Crippen molar-refractivity contribution in [2.75, 3.05) is 0 Å². The number of nitrogens with zero attached hydrogens (tertiary/aromatic N) is 1. The maximum atomic E-state index is 11.7. The monoisotopic (exact) mass is 222 g/mol. The van der Waals surface area contributed by atoms with Gasteiger partial charge in [-0.1, -0.05) is 13.8 Å². The van der Waals surface area contributed by atoms with Gasteiger partial charge in [-0.05, 0) is 44.9 Å². The third-order valence-corrected chi connectivity index (χ3v) is 3.92. The van der Waals surface area contributed by atoms with Crippen molar-refractivity contribution in [3.63, 3.8) is 0 Å². The van der Waals surface area contributed by atoms with Crippen molar-refractivity contribution in [1.29, 1.82) is 0 Å². The molecule has 1 aliphatic heterocycles. The quantitative estimate of drug-likeness (QED) is 0.727. The van der Waals surface area contributed by atoms with Gasteiger partial charge in [-0.3, -0.25) is 9.79 Å². The fourth-order valence-electron chi connectivity index (χ4n) is 2.52. The first-order chi connectivity index (χ1) is 7.30. The van der Waals surface area contributed by atoms with E-state index < -0.39 is 5.54 Å². The van der Waals surface area contributed by atoms with Gasteiger partial charge >= 0.3 is 0 Å². The van der Waals surface area contributed by atoms with E-state index in [9.17, 15) is 4.79 Å². The highest BCUT2D eigenvalue weighted by Gasteiger charge is 2.38. The molecule has 0 saturated heterocycles. The number of nitrogens with one attached hydrogen (secondary N) is 1. The minimum Gasteiger partial charge on any atom is -0.312 e. The van der Waals surface area contributed by atoms with Crippen LogP contribution in [-0.4, -0.2) is 17.3 Å². The molecule has 2 rings (SSSR count). The Kier molecular flexibility index (Phi) is 2.59. The number of rotatable bonds is 1. The van der Waals surface area contributed by atoms with E-state index in [2.05, 4.69) is 24.2 Å². The highest BCUT2D eigenvalue weighted by atomic mass is 16.2. The first-order valence-corrected chi connectivity index (χ1v) is 6.21. The molecule has 0 radical (unpaired) electrons. The molecule has 1 aliphatic carbocycles. The molecule has 0 atom stereocenters. The van der Waals surface area contributed by atoms with E-state index in [4.69, 9.17) is 0 Å². The summed E-state index contributed by atoms with van der Waals surface area (Å²) >= 11 is 0. The predicted molar refractivity (Wildman–Crippen MR) is 65.4 cm³/mol. The van der Waals surface area contributed by atoms with E-state index in [1.54, 1.807) is 0 Å². The number of hydrogen-bond donors (Lipinski definition) is 1. The van der Waals surface area contributed by atoms with Crippen LogP contribution < -0.4 is 5.32 Å². The number of carbonyl (C=O) groups excluding carboxylic acids is 1. The molecular formula is C13H22N2O. The fraction of sp³-hybridized carbons (Fsp3) is 0.846. The van der Waals surface area contributed by atoms with E-state index in [1.807, 2.05) is 13.8 Å². The van der Waals surface area contributed by atoms with Gasteiger partial charge in [0, 0.05) is 5.92 Å². The second-order valence-electron chi connectivity index (χ2n) is 6.45. The number of hydrogen-bond acceptors (Lipinski definition) is 2. The molecule has 0 aromatic rings. The van der Waals surface area contributed by atoms with E-state index in [-0.39, 0.29) is 5.91 Å². The largest absolute Gasteiger partial charge is 0.312 e. The van der Waals surface area contributed by atoms with Crippen LogP contribution >= 0.6 is 0 Å². The van der Waals surface area contributed by atoms with Crippen molar-refractivity contribution in [3.8, 4) is 0 Å². The Morgan fingerprint density at radius 1 is 1.19 bits per heavy atom. The summed E-state index contributed by atoms with van der Waals surface area (Å²) in [7, 11) is 0. The van der Waals surface area contributed by atoms with Crippen molar-refractivity contribution in [2.45, 2.75) is 58.9 Å². The van der Waals surface area contributed by atoms with Gasteiger partial charge < -0.3 is 5.32 Å². The van der Waals surface area contributed by atoms with Crippen LogP contribution in [-0.2, 0) is 4.79 Å². The Bertz CT molecular complexity index is 332. The molecule has 0 aromatic heterocycles. The Morgan fingerprint density at radius 3 is 2.19 bits per heavy atom. The minimum atomic E-state index is -0.553. The van der Waals surface area contributed by atoms with Gasteiger partial charge in [-0.15, -0.1) is 0 Å². The third kappa shape index (κ3) is 2.13. The topological polar surface area (TPSA) is 41.5 Å². The number of amides is 1. The zero-order chi connectivity index (χ0) is 12.0. The Labute approximate surface area is 97.7 Å². The van der Waals surface area contributed by atoms with E-state index in [1.165, 1.54) is 12.8 Å². The molecule has 3 heteroatoms. The maximum absolute atomic E-state index is 11.7. The summed E-state index contributed by atoms with van der Waals surface area (Å²) in [5, 5.41) is 2.95. The highest BCUT2D eigenvalue weighted by Crippen LogP contribution is 2.39. The lowest BCUT2D eigenvalue weighted by molar-refractivity contribution is -0.122. The first kappa shape index (κ1) is 11.6. The van der Waals surface area contributed by atoms with Crippen molar-refractivity contribution < 1.29 is 4.79 Å². The van der Waals surface area contributed by atoms with Crippen molar-refractivity contribution in [3.05, 3.63) is 0 Å². The predicted octanol–water partition coefficient (Wildman–Crippen LogP) is 2.51. The van der Waals surface area contributed by atoms with Crippen LogP contribution in [0.5, 0.6) is 0 Å². The Morgan fingerprint density at radius 2 is 1.75 bits per heavy atom. The average Bonchev–Trinajstić information content (AvgIpc) is 2.41. The molecule has 2 aliphatic rings. The second-order valence-corrected chi connectivity index (χ2v) is 6.45. The molecule has 3 nitrogen and oxygen atoms in total. The Balaban J connectivity index is 2.04. The summed E-state index contributed by atoms with van der Waals surface area (Å²) in [4.78, 5) is 16.2. The number of carbonyl (C=O) groups is 1. The molecule has 0 unspecified atom stereocenters. The number of aliphatic imine (C=N–C) groups is 1. The van der Waals surface area contributed by atoms with Crippen LogP contribution in [0.1, 0.15) is 53.4 Å². The van der Waals surface area contributed by atoms with Gasteiger partial charge in [-0.25, -0.2) is 0 Å². The molecule has 0 bridgehead atoms. The standard InChI is InChI=1S/C13H22N2O/c1-12(2)7-5-9(6-8-12)10-14-11(16)13(3,4)15-10/h9H,5-8H2,1-4H3,(H,14,15,16). The van der Waals surface area contributed by atoms with E-state index in [0.717, 1.165) is 18.7 Å². The molecule has 90 valence electrons. The van der Waals surface area contributed by atoms with Gasteiger partial charge in [0.2, 0.25) is 0 Å². The summed E-state index contributed by atoms with van der Waals surface area (Å²) in [5.74, 6) is 1.46. The lowest BCUT2D eigenvalue weighted by Gasteiger charge is -2.34. The van der Waals surface area contributed by atoms with Gasteiger partial charge in [0.1, 0.15) is 11.4 Å². The lowest BCUT2D eigenvalue weighted by atomic mass is 9.73. The fourth-order valence-corrected chi connectivity index (χ4v) is 2.52. The molecule has 1 fully saturated rings. The number of amidine groups is 1. The van der Waals surface area contributed by atoms with Crippen LogP contribution in [0.25, 0.3) is 0 Å². The van der Waals surface area contributed by atoms with E-state index >= 15 is 0 Å². The molecule has 0 aromatic carbocycles. The van der Waals surface area contributed by atoms with Crippen LogP contribution in [0.3, 0.4) is 0 Å². The summed E-state index contributed by atoms with van der Waals surface area (Å²) in [6.45, 7) is 8.40. The molecule has 16 heavy (non-hydrogen) atoms. The van der Waals surface area contributed by atoms with Gasteiger partial charge in [0.25, 0.3) is 5.91 Å². The van der Waals surface area contributed by atoms with Gasteiger partial charge in [0.05, 0.1) is 0 Å². The lowest BCUT2D eigenvalue weighted by Crippen LogP contribution is -2.37. The molecular weight excluding hydrogens is 200 g/mol. The molecule has 1 saturated carbocycles. The van der Waals surface area contributed by atoms with Crippen LogP contribution in [0, 0.1) is 11.3 Å². The van der Waals surface area contributed by atoms with Crippen LogP contribution in [0.4, 0.5) is 0 Å². The second kappa shape index (κ2) is 3.57. The van der Waals surface area contributed by atoms with Crippen molar-refractivity contribution in [2.24, 2.45) is 16.3 Å². The van der Waals surface area contributed by atoms with Gasteiger partial charge in [-0.2, -0.15) is 0 Å². The normalized spacial score (nSPS) is 28.8. The van der Waals surface area contributed by atoms with E-state index in [0.29, 0.717) is 11.3 Å². The zero-order valence-corrected chi connectivity index (χ0v) is 10.8. The summed E-state index contributed by atoms with van der Waals surface area (Å²) in [6.07, 6.45) is 4.77. The highest BCUT2D eigenvalue weighted by molar-refractivity contribution is 6.08. The Hall–Kier alpha value is -0.860. The molecule has 1 heterocycles. The first-order valence-electron chi connectivity index (χ1n) is 6.21. The van der Waals surface area contributed by atoms with Crippen molar-refractivity contribution in [1.82, 2.24) is 5.32 Å². The summed E-state index contributed by atoms with van der Waals surface area (Å²) < 4.78 is 0. The molecule has 1 amide bonds. The van der Waals surface area contributed by atoms with Crippen LogP contribution in [0.2, 0.25) is 0 Å². The minimum absolute atomic E-state index is 0.0485. The SMILES string of the molecule is CC1(C)CCC(C2=NC(C)(C)C(=O)N2)CC1. The molecule has 1 N–H and O–H groups in total. The van der Waals surface area contributed by atoms with Crippen LogP contribution in [0.15, 0.2) is 4.99 Å².